The maximum atomic E-state index is 12.6. The molecule has 128 valence electrons. The molecule has 5 nitrogen and oxygen atoms in total. The molecule has 0 saturated carbocycles. The average Bonchev–Trinajstić information content (AvgIpc) is 3.12. The van der Waals surface area contributed by atoms with Crippen LogP contribution in [-0.4, -0.2) is 32.4 Å². The molecule has 2 heterocycles. The predicted molar refractivity (Wildman–Crippen MR) is 101 cm³/mol. The Morgan fingerprint density at radius 1 is 0.962 bits per heavy atom. The Labute approximate surface area is 151 Å². The van der Waals surface area contributed by atoms with E-state index in [1.165, 1.54) is 0 Å². The van der Waals surface area contributed by atoms with Crippen LogP contribution in [0, 0.1) is 0 Å². The number of hydrogen-bond donors (Lipinski definition) is 0. The van der Waals surface area contributed by atoms with Crippen molar-refractivity contribution in [1.29, 1.82) is 0 Å². The monoisotopic (exact) mass is 342 g/mol. The lowest BCUT2D eigenvalue weighted by atomic mass is 10.1. The number of nitrogens with zero attached hydrogens (tertiary/aromatic N) is 4. The molecule has 0 fully saturated rings. The fourth-order valence-corrected chi connectivity index (χ4v) is 2.96. The summed E-state index contributed by atoms with van der Waals surface area (Å²) in [6, 6.07) is 21.3. The first-order valence-electron chi connectivity index (χ1n) is 8.40. The average molecular weight is 342 g/mol. The lowest BCUT2D eigenvalue weighted by Crippen LogP contribution is -2.26. The van der Waals surface area contributed by atoms with Gasteiger partial charge in [-0.2, -0.15) is 0 Å². The standard InChI is InChI=1S/C21H18N4O/c1-24(14-17-6-4-5-13-22-17)21(26)16-9-11-18(12-10-16)25-15-23-19-7-2-3-8-20(19)25/h2-13,15H,14H2,1H3. The van der Waals surface area contributed by atoms with Crippen LogP contribution < -0.4 is 0 Å². The van der Waals surface area contributed by atoms with Crippen LogP contribution in [0.5, 0.6) is 0 Å². The van der Waals surface area contributed by atoms with Crippen LogP contribution in [0.3, 0.4) is 0 Å². The fraction of sp³-hybridized carbons (Fsp3) is 0.0952. The highest BCUT2D eigenvalue weighted by molar-refractivity contribution is 5.94. The molecule has 2 aromatic carbocycles. The lowest BCUT2D eigenvalue weighted by molar-refractivity contribution is 0.0783. The molecule has 0 radical (unpaired) electrons. The van der Waals surface area contributed by atoms with Crippen LogP contribution in [0.25, 0.3) is 16.7 Å². The van der Waals surface area contributed by atoms with E-state index in [4.69, 9.17) is 0 Å². The molecule has 0 atom stereocenters. The molecule has 4 rings (SSSR count). The summed E-state index contributed by atoms with van der Waals surface area (Å²) in [5.74, 6) is -0.0299. The van der Waals surface area contributed by atoms with Crippen molar-refractivity contribution in [2.75, 3.05) is 7.05 Å². The summed E-state index contributed by atoms with van der Waals surface area (Å²) in [6.45, 7) is 0.480. The van der Waals surface area contributed by atoms with E-state index in [1.54, 1.807) is 24.5 Å². The van der Waals surface area contributed by atoms with Gasteiger partial charge in [0.2, 0.25) is 0 Å². The van der Waals surface area contributed by atoms with Crippen LogP contribution in [-0.2, 0) is 6.54 Å². The number of imidazole rings is 1. The number of para-hydroxylation sites is 2. The third-order valence-electron chi connectivity index (χ3n) is 4.32. The lowest BCUT2D eigenvalue weighted by Gasteiger charge is -2.17. The Kier molecular flexibility index (Phi) is 4.19. The minimum atomic E-state index is -0.0299. The van der Waals surface area contributed by atoms with Crippen molar-refractivity contribution in [1.82, 2.24) is 19.4 Å². The van der Waals surface area contributed by atoms with Gasteiger partial charge in [0.25, 0.3) is 5.91 Å². The van der Waals surface area contributed by atoms with E-state index < -0.39 is 0 Å². The highest BCUT2D eigenvalue weighted by Gasteiger charge is 2.13. The van der Waals surface area contributed by atoms with Gasteiger partial charge in [-0.1, -0.05) is 18.2 Å². The summed E-state index contributed by atoms with van der Waals surface area (Å²) in [4.78, 5) is 23.0. The molecule has 0 aliphatic heterocycles. The Hall–Kier alpha value is -3.47. The number of benzene rings is 2. The number of hydrogen-bond acceptors (Lipinski definition) is 3. The highest BCUT2D eigenvalue weighted by atomic mass is 16.2. The topological polar surface area (TPSA) is 51.0 Å². The summed E-state index contributed by atoms with van der Waals surface area (Å²) in [5.41, 5.74) is 4.48. The molecule has 5 heteroatoms. The first-order chi connectivity index (χ1) is 12.7. The maximum Gasteiger partial charge on any atom is 0.253 e. The molecule has 0 bridgehead atoms. The largest absolute Gasteiger partial charge is 0.336 e. The van der Waals surface area contributed by atoms with Gasteiger partial charge < -0.3 is 4.90 Å². The summed E-state index contributed by atoms with van der Waals surface area (Å²) in [7, 11) is 1.79. The zero-order valence-corrected chi connectivity index (χ0v) is 14.4. The minimum absolute atomic E-state index is 0.0299. The SMILES string of the molecule is CN(Cc1ccccn1)C(=O)c1ccc(-n2cnc3ccccc32)cc1. The molecule has 0 aliphatic rings. The van der Waals surface area contributed by atoms with Gasteiger partial charge in [0.05, 0.1) is 23.3 Å². The molecule has 4 aromatic rings. The molecular weight excluding hydrogens is 324 g/mol. The van der Waals surface area contributed by atoms with Crippen LogP contribution >= 0.6 is 0 Å². The van der Waals surface area contributed by atoms with Gasteiger partial charge in [0.1, 0.15) is 6.33 Å². The second-order valence-electron chi connectivity index (χ2n) is 6.13. The molecule has 0 N–H and O–H groups in total. The number of amides is 1. The Morgan fingerprint density at radius 2 is 1.73 bits per heavy atom. The zero-order valence-electron chi connectivity index (χ0n) is 14.4. The second kappa shape index (κ2) is 6.80. The summed E-state index contributed by atoms with van der Waals surface area (Å²) in [6.07, 6.45) is 3.53. The third kappa shape index (κ3) is 3.07. The van der Waals surface area contributed by atoms with E-state index in [1.807, 2.05) is 71.3 Å². The van der Waals surface area contributed by atoms with Crippen LogP contribution in [0.1, 0.15) is 16.1 Å². The van der Waals surface area contributed by atoms with E-state index in [0.29, 0.717) is 12.1 Å². The molecule has 0 saturated heterocycles. The minimum Gasteiger partial charge on any atom is -0.336 e. The normalized spacial score (nSPS) is 10.8. The number of carbonyl (C=O) groups excluding carboxylic acids is 1. The number of fused-ring (bicyclic) bond motifs is 1. The van der Waals surface area contributed by atoms with Crippen molar-refractivity contribution in [2.45, 2.75) is 6.54 Å². The van der Waals surface area contributed by atoms with E-state index >= 15 is 0 Å². The molecule has 1 amide bonds. The Bertz CT molecular complexity index is 1040. The van der Waals surface area contributed by atoms with E-state index in [-0.39, 0.29) is 5.91 Å². The quantitative estimate of drug-likeness (QED) is 0.568. The van der Waals surface area contributed by atoms with Gasteiger partial charge in [-0.15, -0.1) is 0 Å². The van der Waals surface area contributed by atoms with Crippen LogP contribution in [0.15, 0.2) is 79.3 Å². The fourth-order valence-electron chi connectivity index (χ4n) is 2.96. The van der Waals surface area contributed by atoms with Gasteiger partial charge in [0.15, 0.2) is 0 Å². The van der Waals surface area contributed by atoms with E-state index in [9.17, 15) is 4.79 Å². The molecule has 2 aromatic heterocycles. The zero-order chi connectivity index (χ0) is 17.9. The Balaban J connectivity index is 1.55. The van der Waals surface area contributed by atoms with Gasteiger partial charge >= 0.3 is 0 Å². The van der Waals surface area contributed by atoms with Crippen molar-refractivity contribution >= 4 is 16.9 Å². The van der Waals surface area contributed by atoms with Gasteiger partial charge in [-0.25, -0.2) is 4.98 Å². The van der Waals surface area contributed by atoms with Crippen LogP contribution in [0.2, 0.25) is 0 Å². The molecule has 26 heavy (non-hydrogen) atoms. The van der Waals surface area contributed by atoms with Crippen molar-refractivity contribution < 1.29 is 4.79 Å². The summed E-state index contributed by atoms with van der Waals surface area (Å²) in [5, 5.41) is 0. The number of aromatic nitrogens is 3. The first-order valence-corrected chi connectivity index (χ1v) is 8.40. The molecule has 0 spiro atoms. The van der Waals surface area contributed by atoms with E-state index in [2.05, 4.69) is 9.97 Å². The van der Waals surface area contributed by atoms with Crippen molar-refractivity contribution in [3.05, 3.63) is 90.5 Å². The van der Waals surface area contributed by atoms with Crippen molar-refractivity contribution in [3.63, 3.8) is 0 Å². The molecule has 0 unspecified atom stereocenters. The number of pyridine rings is 1. The van der Waals surface area contributed by atoms with Gasteiger partial charge in [-0.3, -0.25) is 14.3 Å². The van der Waals surface area contributed by atoms with Gasteiger partial charge in [0, 0.05) is 24.5 Å². The third-order valence-corrected chi connectivity index (χ3v) is 4.32. The summed E-state index contributed by atoms with van der Waals surface area (Å²) < 4.78 is 2.02. The molecular formula is C21H18N4O. The van der Waals surface area contributed by atoms with Gasteiger partial charge in [-0.05, 0) is 48.5 Å². The van der Waals surface area contributed by atoms with Crippen molar-refractivity contribution in [3.8, 4) is 5.69 Å². The first kappa shape index (κ1) is 16.0. The highest BCUT2D eigenvalue weighted by Crippen LogP contribution is 2.18. The Morgan fingerprint density at radius 3 is 2.50 bits per heavy atom. The molecule has 0 aliphatic carbocycles. The smallest absolute Gasteiger partial charge is 0.253 e. The number of carbonyl (C=O) groups is 1. The number of rotatable bonds is 4. The van der Waals surface area contributed by atoms with Crippen molar-refractivity contribution in [2.24, 2.45) is 0 Å². The second-order valence-corrected chi connectivity index (χ2v) is 6.13. The van der Waals surface area contributed by atoms with E-state index in [0.717, 1.165) is 22.4 Å². The van der Waals surface area contributed by atoms with Crippen LogP contribution in [0.4, 0.5) is 0 Å². The predicted octanol–water partition coefficient (Wildman–Crippen LogP) is 3.69. The maximum absolute atomic E-state index is 12.6. The summed E-state index contributed by atoms with van der Waals surface area (Å²) >= 11 is 0.